The van der Waals surface area contributed by atoms with Crippen molar-refractivity contribution in [3.8, 4) is 0 Å². The van der Waals surface area contributed by atoms with E-state index >= 15 is 0 Å². The van der Waals surface area contributed by atoms with E-state index in [0.717, 1.165) is 47.5 Å². The molecular weight excluding hydrogens is 460 g/mol. The second kappa shape index (κ2) is 7.96. The molecule has 1 N–H and O–H groups in total. The minimum Gasteiger partial charge on any atom is -0.503 e. The third-order valence-electron chi connectivity index (χ3n) is 6.18. The maximum atomic E-state index is 13.6. The minimum atomic E-state index is -0.661. The molecule has 1 aliphatic carbocycles. The predicted octanol–water partition coefficient (Wildman–Crippen LogP) is 5.50. The molecule has 31 heavy (non-hydrogen) atoms. The minimum absolute atomic E-state index is 0.0153. The summed E-state index contributed by atoms with van der Waals surface area (Å²) in [5, 5.41) is 11.6. The van der Waals surface area contributed by atoms with Crippen LogP contribution >= 0.6 is 15.9 Å². The third-order valence-corrected chi connectivity index (χ3v) is 6.67. The number of hydrogen-bond acceptors (Lipinski definition) is 5. The Hall–Kier alpha value is -2.93. The quantitative estimate of drug-likeness (QED) is 0.498. The van der Waals surface area contributed by atoms with Gasteiger partial charge in [-0.15, -0.1) is 0 Å². The van der Waals surface area contributed by atoms with Gasteiger partial charge in [0, 0.05) is 28.3 Å². The molecule has 5 rings (SSSR count). The molecule has 6 nitrogen and oxygen atoms in total. The van der Waals surface area contributed by atoms with Crippen LogP contribution in [-0.2, 0) is 4.79 Å². The Morgan fingerprint density at radius 1 is 1.10 bits per heavy atom. The van der Waals surface area contributed by atoms with Crippen LogP contribution in [0.25, 0.3) is 11.0 Å². The van der Waals surface area contributed by atoms with Crippen molar-refractivity contribution in [3.05, 3.63) is 75.9 Å². The number of hydrogen-bond donors (Lipinski definition) is 1. The van der Waals surface area contributed by atoms with E-state index in [9.17, 15) is 14.7 Å². The molecule has 1 unspecified atom stereocenters. The molecule has 1 saturated carbocycles. The van der Waals surface area contributed by atoms with Gasteiger partial charge in [0.05, 0.1) is 11.6 Å². The summed E-state index contributed by atoms with van der Waals surface area (Å²) < 4.78 is 6.66. The van der Waals surface area contributed by atoms with Gasteiger partial charge in [0.15, 0.2) is 11.5 Å². The lowest BCUT2D eigenvalue weighted by Crippen LogP contribution is -2.41. The van der Waals surface area contributed by atoms with Gasteiger partial charge >= 0.3 is 0 Å². The first-order valence-electron chi connectivity index (χ1n) is 10.4. The fourth-order valence-corrected chi connectivity index (χ4v) is 5.10. The monoisotopic (exact) mass is 480 g/mol. The fraction of sp³-hybridized carbons (Fsp3) is 0.292. The molecule has 0 saturated heterocycles. The molecule has 158 valence electrons. The van der Waals surface area contributed by atoms with Gasteiger partial charge in [0.1, 0.15) is 5.58 Å². The molecule has 1 aliphatic heterocycles. The molecule has 1 atom stereocenters. The van der Waals surface area contributed by atoms with Gasteiger partial charge in [-0.1, -0.05) is 35.2 Å². The van der Waals surface area contributed by atoms with E-state index in [-0.39, 0.29) is 17.4 Å². The van der Waals surface area contributed by atoms with Crippen LogP contribution in [0.3, 0.4) is 0 Å². The first kappa shape index (κ1) is 20.0. The van der Waals surface area contributed by atoms with E-state index in [1.165, 1.54) is 0 Å². The molecule has 2 aliphatic rings. The van der Waals surface area contributed by atoms with Crippen LogP contribution < -0.4 is 0 Å². The van der Waals surface area contributed by atoms with Crippen molar-refractivity contribution in [1.82, 2.24) is 9.88 Å². The zero-order chi connectivity index (χ0) is 21.5. The smallest absolute Gasteiger partial charge is 0.290 e. The summed E-state index contributed by atoms with van der Waals surface area (Å²) in [6.07, 6.45) is 8.18. The van der Waals surface area contributed by atoms with Crippen molar-refractivity contribution in [2.75, 3.05) is 0 Å². The lowest BCUT2D eigenvalue weighted by Gasteiger charge is -2.36. The normalized spacial score (nSPS) is 20.1. The number of furan rings is 1. The zero-order valence-electron chi connectivity index (χ0n) is 16.8. The van der Waals surface area contributed by atoms with Crippen LogP contribution in [0, 0.1) is 0 Å². The van der Waals surface area contributed by atoms with Crippen LogP contribution in [-0.4, -0.2) is 32.7 Å². The van der Waals surface area contributed by atoms with E-state index in [0.29, 0.717) is 5.58 Å². The highest BCUT2D eigenvalue weighted by Gasteiger charge is 2.47. The number of rotatable bonds is 4. The largest absolute Gasteiger partial charge is 0.503 e. The Bertz CT molecular complexity index is 1190. The zero-order valence-corrected chi connectivity index (χ0v) is 18.3. The summed E-state index contributed by atoms with van der Waals surface area (Å²) >= 11 is 3.42. The van der Waals surface area contributed by atoms with Gasteiger partial charge < -0.3 is 14.4 Å². The average molecular weight is 481 g/mol. The number of ketones is 1. The molecule has 0 radical (unpaired) electrons. The molecule has 1 fully saturated rings. The van der Waals surface area contributed by atoms with Gasteiger partial charge in [0.25, 0.3) is 5.91 Å². The predicted molar refractivity (Wildman–Crippen MR) is 119 cm³/mol. The van der Waals surface area contributed by atoms with Crippen LogP contribution in [0.1, 0.15) is 54.3 Å². The summed E-state index contributed by atoms with van der Waals surface area (Å²) in [7, 11) is 0. The van der Waals surface area contributed by atoms with E-state index in [2.05, 4.69) is 20.9 Å². The summed E-state index contributed by atoms with van der Waals surface area (Å²) in [6.45, 7) is 0. The van der Waals surface area contributed by atoms with Crippen molar-refractivity contribution in [2.24, 2.45) is 0 Å². The van der Waals surface area contributed by atoms with Crippen LogP contribution in [0.4, 0.5) is 0 Å². The second-order valence-electron chi connectivity index (χ2n) is 8.07. The van der Waals surface area contributed by atoms with Crippen LogP contribution in [0.5, 0.6) is 0 Å². The number of Topliss-reactive ketones (excluding diaryl/α,β-unsaturated/α-hetero) is 1. The number of benzene rings is 1. The first-order valence-corrected chi connectivity index (χ1v) is 11.2. The number of carbonyl (C=O) groups is 2. The molecule has 7 heteroatoms. The van der Waals surface area contributed by atoms with Crippen LogP contribution in [0.15, 0.2) is 69.0 Å². The number of aromatic nitrogens is 1. The van der Waals surface area contributed by atoms with Gasteiger partial charge in [-0.05, 0) is 54.8 Å². The Labute approximate surface area is 187 Å². The summed E-state index contributed by atoms with van der Waals surface area (Å²) in [5.74, 6) is -1.35. The highest BCUT2D eigenvalue weighted by Crippen LogP contribution is 2.43. The standard InChI is InChI=1S/C24H21BrN2O4/c25-16-6-7-18-15(12-16)13-19(31-18)22(28)20-21(14-8-10-26-11-9-14)27(24(30)23(20)29)17-4-2-1-3-5-17/h6-13,17,21,29H,1-5H2. The summed E-state index contributed by atoms with van der Waals surface area (Å²) in [5.41, 5.74) is 1.39. The lowest BCUT2D eigenvalue weighted by molar-refractivity contribution is -0.132. The number of fused-ring (bicyclic) bond motifs is 1. The van der Waals surface area contributed by atoms with Crippen molar-refractivity contribution < 1.29 is 19.1 Å². The highest BCUT2D eigenvalue weighted by atomic mass is 79.9. The molecule has 1 aromatic carbocycles. The van der Waals surface area contributed by atoms with Crippen molar-refractivity contribution >= 4 is 38.6 Å². The van der Waals surface area contributed by atoms with Gasteiger partial charge in [-0.2, -0.15) is 0 Å². The number of halogens is 1. The van der Waals surface area contributed by atoms with Crippen molar-refractivity contribution in [3.63, 3.8) is 0 Å². The van der Waals surface area contributed by atoms with Crippen molar-refractivity contribution in [1.29, 1.82) is 0 Å². The van der Waals surface area contributed by atoms with E-state index < -0.39 is 23.5 Å². The number of pyridine rings is 1. The number of amides is 1. The SMILES string of the molecule is O=C(C1=C(O)C(=O)N(C2CCCCC2)C1c1ccncc1)c1cc2cc(Br)ccc2o1. The molecule has 3 aromatic rings. The van der Waals surface area contributed by atoms with E-state index in [4.69, 9.17) is 4.42 Å². The van der Waals surface area contributed by atoms with Gasteiger partial charge in [-0.3, -0.25) is 14.6 Å². The Kier molecular flexibility index (Phi) is 5.14. The number of aliphatic hydroxyl groups is 1. The van der Waals surface area contributed by atoms with E-state index in [1.54, 1.807) is 41.6 Å². The Morgan fingerprint density at radius 3 is 2.58 bits per heavy atom. The molecule has 0 spiro atoms. The number of carbonyl (C=O) groups excluding carboxylic acids is 2. The van der Waals surface area contributed by atoms with Crippen molar-refractivity contribution in [2.45, 2.75) is 44.2 Å². The number of nitrogens with zero attached hydrogens (tertiary/aromatic N) is 2. The first-order chi connectivity index (χ1) is 15.0. The van der Waals surface area contributed by atoms with Crippen LogP contribution in [0.2, 0.25) is 0 Å². The molecular formula is C24H21BrN2O4. The topological polar surface area (TPSA) is 83.6 Å². The maximum absolute atomic E-state index is 13.6. The summed E-state index contributed by atoms with van der Waals surface area (Å²) in [4.78, 5) is 32.5. The van der Waals surface area contributed by atoms with E-state index in [1.807, 2.05) is 12.1 Å². The third kappa shape index (κ3) is 3.47. The maximum Gasteiger partial charge on any atom is 0.290 e. The Morgan fingerprint density at radius 2 is 1.84 bits per heavy atom. The Balaban J connectivity index is 1.60. The van der Waals surface area contributed by atoms with Gasteiger partial charge in [0.2, 0.25) is 5.78 Å². The fourth-order valence-electron chi connectivity index (χ4n) is 4.72. The highest BCUT2D eigenvalue weighted by molar-refractivity contribution is 9.10. The van der Waals surface area contributed by atoms with Gasteiger partial charge in [-0.25, -0.2) is 0 Å². The molecule has 1 amide bonds. The molecule has 0 bridgehead atoms. The average Bonchev–Trinajstić information content (AvgIpc) is 3.33. The summed E-state index contributed by atoms with van der Waals surface area (Å²) in [6, 6.07) is 10.0. The second-order valence-corrected chi connectivity index (χ2v) is 8.99. The molecule has 3 heterocycles. The lowest BCUT2D eigenvalue weighted by atomic mass is 9.90. The number of aliphatic hydroxyl groups excluding tert-OH is 1. The molecule has 2 aromatic heterocycles.